The fourth-order valence-electron chi connectivity index (χ4n) is 1.48. The highest BCUT2D eigenvalue weighted by molar-refractivity contribution is 5.75. The van der Waals surface area contributed by atoms with Crippen molar-refractivity contribution in [2.24, 2.45) is 0 Å². The minimum Gasteiger partial charge on any atom is -0.496 e. The summed E-state index contributed by atoms with van der Waals surface area (Å²) < 4.78 is 5.01. The van der Waals surface area contributed by atoms with Gasteiger partial charge in [-0.15, -0.1) is 0 Å². The van der Waals surface area contributed by atoms with Crippen LogP contribution in [0.1, 0.15) is 11.1 Å². The predicted molar refractivity (Wildman–Crippen MR) is 55.7 cm³/mol. The fourth-order valence-corrected chi connectivity index (χ4v) is 1.48. The molecule has 0 aliphatic heterocycles. The molecule has 0 heterocycles. The maximum Gasteiger partial charge on any atom is 0.307 e. The van der Waals surface area contributed by atoms with Gasteiger partial charge in [0, 0.05) is 5.56 Å². The Morgan fingerprint density at radius 3 is 2.31 bits per heavy atom. The minimum absolute atomic E-state index is 0.209. The zero-order valence-electron chi connectivity index (χ0n) is 8.77. The van der Waals surface area contributed by atoms with Crippen molar-refractivity contribution in [1.29, 1.82) is 0 Å². The van der Waals surface area contributed by atoms with Crippen LogP contribution >= 0.6 is 0 Å². The number of benzene rings is 1. The molecule has 0 aliphatic rings. The van der Waals surface area contributed by atoms with Crippen LogP contribution in [0.4, 0.5) is 0 Å². The van der Waals surface area contributed by atoms with Crippen molar-refractivity contribution >= 4 is 11.9 Å². The molecule has 1 rings (SSSR count). The number of rotatable bonds is 5. The van der Waals surface area contributed by atoms with Crippen molar-refractivity contribution in [2.45, 2.75) is 12.8 Å². The lowest BCUT2D eigenvalue weighted by Gasteiger charge is -2.10. The van der Waals surface area contributed by atoms with Gasteiger partial charge in [-0.1, -0.05) is 12.1 Å². The predicted octanol–water partition coefficient (Wildman–Crippen LogP) is 0.949. The Morgan fingerprint density at radius 2 is 1.81 bits per heavy atom. The van der Waals surface area contributed by atoms with Crippen LogP contribution in [0.25, 0.3) is 0 Å². The van der Waals surface area contributed by atoms with Crippen molar-refractivity contribution in [1.82, 2.24) is 0 Å². The second-order valence-electron chi connectivity index (χ2n) is 3.24. The maximum absolute atomic E-state index is 10.7. The standard InChI is InChI=1S/C11H12O5/c1-16-9-4-2-3-7(5-10(12)13)8(9)6-11(14)15/h2-4H,5-6H2,1H3,(H,12,13)(H,14,15). The first-order chi connectivity index (χ1) is 7.54. The Hall–Kier alpha value is -2.04. The van der Waals surface area contributed by atoms with Gasteiger partial charge in [0.1, 0.15) is 5.75 Å². The molecule has 2 N–H and O–H groups in total. The summed E-state index contributed by atoms with van der Waals surface area (Å²) in [5.74, 6) is -1.61. The molecule has 0 saturated carbocycles. The van der Waals surface area contributed by atoms with Gasteiger partial charge >= 0.3 is 11.9 Å². The van der Waals surface area contributed by atoms with E-state index in [2.05, 4.69) is 0 Å². The second kappa shape index (κ2) is 5.16. The Balaban J connectivity index is 3.14. The molecular formula is C11H12O5. The van der Waals surface area contributed by atoms with Crippen LogP contribution in [0, 0.1) is 0 Å². The average Bonchev–Trinajstić information content (AvgIpc) is 2.19. The molecule has 1 aromatic carbocycles. The van der Waals surface area contributed by atoms with E-state index in [4.69, 9.17) is 14.9 Å². The Bertz CT molecular complexity index is 411. The molecule has 1 aromatic rings. The normalized spacial score (nSPS) is 9.81. The van der Waals surface area contributed by atoms with Gasteiger partial charge in [0.15, 0.2) is 0 Å². The number of hydrogen-bond donors (Lipinski definition) is 2. The van der Waals surface area contributed by atoms with Crippen molar-refractivity contribution in [3.05, 3.63) is 29.3 Å². The molecule has 0 fully saturated rings. The molecule has 5 nitrogen and oxygen atoms in total. The van der Waals surface area contributed by atoms with Crippen LogP contribution < -0.4 is 4.74 Å². The van der Waals surface area contributed by atoms with E-state index in [1.54, 1.807) is 18.2 Å². The highest BCUT2D eigenvalue weighted by Crippen LogP contribution is 2.23. The van der Waals surface area contributed by atoms with Crippen LogP contribution in [0.15, 0.2) is 18.2 Å². The van der Waals surface area contributed by atoms with Gasteiger partial charge < -0.3 is 14.9 Å². The van der Waals surface area contributed by atoms with Crippen molar-refractivity contribution < 1.29 is 24.5 Å². The molecule has 0 spiro atoms. The molecule has 5 heteroatoms. The Labute approximate surface area is 92.3 Å². The van der Waals surface area contributed by atoms with E-state index in [1.807, 2.05) is 0 Å². The quantitative estimate of drug-likeness (QED) is 0.777. The van der Waals surface area contributed by atoms with Gasteiger partial charge in [0.25, 0.3) is 0 Å². The van der Waals surface area contributed by atoms with E-state index in [9.17, 15) is 9.59 Å². The lowest BCUT2D eigenvalue weighted by Crippen LogP contribution is -2.09. The summed E-state index contributed by atoms with van der Waals surface area (Å²) in [6, 6.07) is 4.85. The number of methoxy groups -OCH3 is 1. The largest absolute Gasteiger partial charge is 0.496 e. The zero-order valence-corrected chi connectivity index (χ0v) is 8.77. The van der Waals surface area contributed by atoms with E-state index in [0.29, 0.717) is 16.9 Å². The molecule has 0 bridgehead atoms. The van der Waals surface area contributed by atoms with E-state index >= 15 is 0 Å². The topological polar surface area (TPSA) is 83.8 Å². The van der Waals surface area contributed by atoms with Gasteiger partial charge in [-0.25, -0.2) is 0 Å². The smallest absolute Gasteiger partial charge is 0.307 e. The molecular weight excluding hydrogens is 212 g/mol. The third-order valence-corrected chi connectivity index (χ3v) is 2.12. The van der Waals surface area contributed by atoms with Crippen LogP contribution in [0.5, 0.6) is 5.75 Å². The highest BCUT2D eigenvalue weighted by Gasteiger charge is 2.14. The molecule has 0 aliphatic carbocycles. The van der Waals surface area contributed by atoms with Crippen LogP contribution in [-0.2, 0) is 22.4 Å². The maximum atomic E-state index is 10.7. The molecule has 0 amide bonds. The summed E-state index contributed by atoms with van der Waals surface area (Å²) in [6.07, 6.45) is -0.452. The average molecular weight is 224 g/mol. The number of ether oxygens (including phenoxy) is 1. The highest BCUT2D eigenvalue weighted by atomic mass is 16.5. The van der Waals surface area contributed by atoms with Crippen LogP contribution in [0.3, 0.4) is 0 Å². The first-order valence-electron chi connectivity index (χ1n) is 4.63. The third kappa shape index (κ3) is 2.98. The summed E-state index contributed by atoms with van der Waals surface area (Å²) >= 11 is 0. The third-order valence-electron chi connectivity index (χ3n) is 2.12. The zero-order chi connectivity index (χ0) is 12.1. The lowest BCUT2D eigenvalue weighted by molar-refractivity contribution is -0.137. The first kappa shape index (κ1) is 12.0. The Morgan fingerprint density at radius 1 is 1.19 bits per heavy atom. The summed E-state index contributed by atoms with van der Waals surface area (Å²) in [4.78, 5) is 21.3. The van der Waals surface area contributed by atoms with Crippen LogP contribution in [0.2, 0.25) is 0 Å². The van der Waals surface area contributed by atoms with E-state index < -0.39 is 11.9 Å². The summed E-state index contributed by atoms with van der Waals surface area (Å²) in [6.45, 7) is 0. The number of carboxylic acid groups (broad SMARTS) is 2. The minimum atomic E-state index is -1.02. The molecule has 0 radical (unpaired) electrons. The van der Waals surface area contributed by atoms with Crippen molar-refractivity contribution in [3.63, 3.8) is 0 Å². The molecule has 0 aromatic heterocycles. The van der Waals surface area contributed by atoms with Gasteiger partial charge in [0.2, 0.25) is 0 Å². The van der Waals surface area contributed by atoms with Crippen molar-refractivity contribution in [3.8, 4) is 5.75 Å². The molecule has 0 unspecified atom stereocenters. The number of carbonyl (C=O) groups is 2. The molecule has 86 valence electrons. The Kier molecular flexibility index (Phi) is 3.88. The van der Waals surface area contributed by atoms with Crippen molar-refractivity contribution in [2.75, 3.05) is 7.11 Å². The molecule has 0 atom stereocenters. The van der Waals surface area contributed by atoms with E-state index in [1.165, 1.54) is 7.11 Å². The van der Waals surface area contributed by atoms with Crippen LogP contribution in [-0.4, -0.2) is 29.3 Å². The second-order valence-corrected chi connectivity index (χ2v) is 3.24. The summed E-state index contributed by atoms with van der Waals surface area (Å²) in [5.41, 5.74) is 0.883. The SMILES string of the molecule is COc1cccc(CC(=O)O)c1CC(=O)O. The number of aliphatic carboxylic acids is 2. The number of carboxylic acids is 2. The first-order valence-corrected chi connectivity index (χ1v) is 4.63. The lowest BCUT2D eigenvalue weighted by atomic mass is 10.0. The fraction of sp³-hybridized carbons (Fsp3) is 0.273. The van der Waals surface area contributed by atoms with E-state index in [-0.39, 0.29) is 12.8 Å². The van der Waals surface area contributed by atoms with Gasteiger partial charge in [-0.05, 0) is 11.6 Å². The van der Waals surface area contributed by atoms with Gasteiger partial charge in [-0.3, -0.25) is 9.59 Å². The summed E-state index contributed by atoms with van der Waals surface area (Å²) in [5, 5.41) is 17.4. The number of hydrogen-bond acceptors (Lipinski definition) is 3. The van der Waals surface area contributed by atoms with Gasteiger partial charge in [0.05, 0.1) is 20.0 Å². The van der Waals surface area contributed by atoms with E-state index in [0.717, 1.165) is 0 Å². The molecule has 16 heavy (non-hydrogen) atoms. The molecule has 0 saturated heterocycles. The van der Waals surface area contributed by atoms with Gasteiger partial charge in [-0.2, -0.15) is 0 Å². The monoisotopic (exact) mass is 224 g/mol. The summed E-state index contributed by atoms with van der Waals surface area (Å²) in [7, 11) is 1.42.